The van der Waals surface area contributed by atoms with Crippen LogP contribution in [0.5, 0.6) is 0 Å². The number of nitro groups is 1. The Hall–Kier alpha value is -2.13. The maximum atomic E-state index is 10.8. The third-order valence-electron chi connectivity index (χ3n) is 3.56. The summed E-state index contributed by atoms with van der Waals surface area (Å²) in [6.45, 7) is 4.80. The first-order chi connectivity index (χ1) is 9.67. The molecule has 0 amide bonds. The molecule has 0 spiro atoms. The van der Waals surface area contributed by atoms with Gasteiger partial charge in [0.1, 0.15) is 6.07 Å². The molecule has 1 heterocycles. The van der Waals surface area contributed by atoms with E-state index in [1.165, 1.54) is 12.1 Å². The van der Waals surface area contributed by atoms with Crippen molar-refractivity contribution in [1.82, 2.24) is 5.32 Å². The number of nitrogens with one attached hydrogen (secondary N) is 1. The Morgan fingerprint density at radius 3 is 2.95 bits per heavy atom. The zero-order chi connectivity index (χ0) is 14.5. The van der Waals surface area contributed by atoms with Gasteiger partial charge in [-0.05, 0) is 25.5 Å². The second-order valence-electron chi connectivity index (χ2n) is 4.91. The molecule has 2 rings (SSSR count). The fourth-order valence-electron chi connectivity index (χ4n) is 2.62. The highest BCUT2D eigenvalue weighted by molar-refractivity contribution is 5.63. The van der Waals surface area contributed by atoms with Crippen LogP contribution in [-0.2, 0) is 0 Å². The molecule has 1 aromatic carbocycles. The Balaban J connectivity index is 2.37. The summed E-state index contributed by atoms with van der Waals surface area (Å²) in [7, 11) is 0. The SMILES string of the molecule is CCCN(c1ccc([N+](=O)[O-])cc1C#N)C1CCNC1. The Labute approximate surface area is 118 Å². The van der Waals surface area contributed by atoms with E-state index in [1.807, 2.05) is 0 Å². The summed E-state index contributed by atoms with van der Waals surface area (Å²) in [5.41, 5.74) is 1.14. The van der Waals surface area contributed by atoms with Gasteiger partial charge in [0.15, 0.2) is 0 Å². The van der Waals surface area contributed by atoms with Crippen LogP contribution in [0, 0.1) is 21.4 Å². The summed E-state index contributed by atoms with van der Waals surface area (Å²) in [5, 5.41) is 23.4. The lowest BCUT2D eigenvalue weighted by molar-refractivity contribution is -0.384. The third-order valence-corrected chi connectivity index (χ3v) is 3.56. The van der Waals surface area contributed by atoms with Crippen molar-refractivity contribution >= 4 is 11.4 Å². The Morgan fingerprint density at radius 2 is 2.40 bits per heavy atom. The largest absolute Gasteiger partial charge is 0.366 e. The molecule has 1 saturated heterocycles. The number of benzene rings is 1. The van der Waals surface area contributed by atoms with Gasteiger partial charge in [0.25, 0.3) is 5.69 Å². The average Bonchev–Trinajstić information content (AvgIpc) is 2.98. The van der Waals surface area contributed by atoms with E-state index in [4.69, 9.17) is 0 Å². The quantitative estimate of drug-likeness (QED) is 0.656. The summed E-state index contributed by atoms with van der Waals surface area (Å²) in [6, 6.07) is 6.97. The molecule has 1 unspecified atom stereocenters. The van der Waals surface area contributed by atoms with Crippen LogP contribution in [0.4, 0.5) is 11.4 Å². The van der Waals surface area contributed by atoms with Crippen LogP contribution in [0.2, 0.25) is 0 Å². The molecule has 106 valence electrons. The number of rotatable bonds is 5. The molecule has 0 aromatic heterocycles. The summed E-state index contributed by atoms with van der Waals surface area (Å²) in [4.78, 5) is 12.5. The molecule has 20 heavy (non-hydrogen) atoms. The van der Waals surface area contributed by atoms with Gasteiger partial charge in [0, 0.05) is 31.3 Å². The van der Waals surface area contributed by atoms with Crippen molar-refractivity contribution in [1.29, 1.82) is 5.26 Å². The van der Waals surface area contributed by atoms with Crippen LogP contribution >= 0.6 is 0 Å². The Bertz CT molecular complexity index is 532. The van der Waals surface area contributed by atoms with Crippen molar-refractivity contribution in [2.24, 2.45) is 0 Å². The average molecular weight is 274 g/mol. The van der Waals surface area contributed by atoms with Gasteiger partial charge in [-0.3, -0.25) is 10.1 Å². The van der Waals surface area contributed by atoms with E-state index in [0.717, 1.165) is 38.2 Å². The molecule has 1 aliphatic rings. The lowest BCUT2D eigenvalue weighted by atomic mass is 10.1. The van der Waals surface area contributed by atoms with E-state index in [0.29, 0.717) is 11.6 Å². The van der Waals surface area contributed by atoms with Gasteiger partial charge < -0.3 is 10.2 Å². The maximum absolute atomic E-state index is 10.8. The maximum Gasteiger partial charge on any atom is 0.270 e. The number of nitriles is 1. The minimum atomic E-state index is -0.466. The highest BCUT2D eigenvalue weighted by atomic mass is 16.6. The second-order valence-corrected chi connectivity index (χ2v) is 4.91. The minimum Gasteiger partial charge on any atom is -0.366 e. The first kappa shape index (κ1) is 14.3. The monoisotopic (exact) mass is 274 g/mol. The van der Waals surface area contributed by atoms with Crippen LogP contribution in [0.1, 0.15) is 25.3 Å². The van der Waals surface area contributed by atoms with Gasteiger partial charge in [-0.1, -0.05) is 6.92 Å². The van der Waals surface area contributed by atoms with E-state index in [-0.39, 0.29) is 5.69 Å². The second kappa shape index (κ2) is 6.35. The van der Waals surface area contributed by atoms with Gasteiger partial charge in [-0.25, -0.2) is 0 Å². The fourth-order valence-corrected chi connectivity index (χ4v) is 2.62. The molecule has 0 bridgehead atoms. The van der Waals surface area contributed by atoms with Crippen molar-refractivity contribution in [3.8, 4) is 6.07 Å². The first-order valence-electron chi connectivity index (χ1n) is 6.83. The summed E-state index contributed by atoms with van der Waals surface area (Å²) in [6.07, 6.45) is 2.00. The zero-order valence-electron chi connectivity index (χ0n) is 11.5. The minimum absolute atomic E-state index is 0.0358. The molecule has 1 aliphatic heterocycles. The number of hydrogen-bond donors (Lipinski definition) is 1. The normalized spacial score (nSPS) is 17.7. The van der Waals surface area contributed by atoms with E-state index < -0.39 is 4.92 Å². The van der Waals surface area contributed by atoms with Crippen LogP contribution in [0.15, 0.2) is 18.2 Å². The van der Waals surface area contributed by atoms with Crippen molar-refractivity contribution in [3.05, 3.63) is 33.9 Å². The number of hydrogen-bond acceptors (Lipinski definition) is 5. The van der Waals surface area contributed by atoms with Gasteiger partial charge >= 0.3 is 0 Å². The third kappa shape index (κ3) is 2.89. The molecule has 1 N–H and O–H groups in total. The molecule has 0 aliphatic carbocycles. The molecular formula is C14H18N4O2. The van der Waals surface area contributed by atoms with Gasteiger partial charge in [-0.2, -0.15) is 5.26 Å². The lowest BCUT2D eigenvalue weighted by Gasteiger charge is -2.31. The molecule has 1 aromatic rings. The van der Waals surface area contributed by atoms with Crippen molar-refractivity contribution in [2.45, 2.75) is 25.8 Å². The van der Waals surface area contributed by atoms with Crippen LogP contribution < -0.4 is 10.2 Å². The van der Waals surface area contributed by atoms with Crippen LogP contribution in [0.25, 0.3) is 0 Å². The molecule has 0 radical (unpaired) electrons. The first-order valence-corrected chi connectivity index (χ1v) is 6.83. The van der Waals surface area contributed by atoms with E-state index >= 15 is 0 Å². The van der Waals surface area contributed by atoms with Crippen molar-refractivity contribution < 1.29 is 4.92 Å². The molecule has 1 fully saturated rings. The van der Waals surface area contributed by atoms with Gasteiger partial charge in [0.05, 0.1) is 16.2 Å². The van der Waals surface area contributed by atoms with Crippen LogP contribution in [-0.4, -0.2) is 30.6 Å². The highest BCUT2D eigenvalue weighted by Gasteiger charge is 2.24. The van der Waals surface area contributed by atoms with E-state index in [1.54, 1.807) is 6.07 Å². The standard InChI is InChI=1S/C14H18N4O2/c1-2-7-17(13-5-6-16-10-13)14-4-3-12(18(19)20)8-11(14)9-15/h3-4,8,13,16H,2,5-7,10H2,1H3. The van der Waals surface area contributed by atoms with E-state index in [2.05, 4.69) is 23.2 Å². The summed E-state index contributed by atoms with van der Waals surface area (Å²) < 4.78 is 0. The van der Waals surface area contributed by atoms with Crippen molar-refractivity contribution in [3.63, 3.8) is 0 Å². The highest BCUT2D eigenvalue weighted by Crippen LogP contribution is 2.28. The number of non-ortho nitro benzene ring substituents is 1. The van der Waals surface area contributed by atoms with Gasteiger partial charge in [-0.15, -0.1) is 0 Å². The van der Waals surface area contributed by atoms with Crippen LogP contribution in [0.3, 0.4) is 0 Å². The molecule has 1 atom stereocenters. The topological polar surface area (TPSA) is 82.2 Å². The van der Waals surface area contributed by atoms with E-state index in [9.17, 15) is 15.4 Å². The summed E-state index contributed by atoms with van der Waals surface area (Å²) in [5.74, 6) is 0. The molecular weight excluding hydrogens is 256 g/mol. The Morgan fingerprint density at radius 1 is 1.60 bits per heavy atom. The smallest absolute Gasteiger partial charge is 0.270 e. The summed E-state index contributed by atoms with van der Waals surface area (Å²) >= 11 is 0. The molecule has 6 heteroatoms. The number of anilines is 1. The zero-order valence-corrected chi connectivity index (χ0v) is 11.5. The molecule has 6 nitrogen and oxygen atoms in total. The number of nitro benzene ring substituents is 1. The van der Waals surface area contributed by atoms with Gasteiger partial charge in [0.2, 0.25) is 0 Å². The fraction of sp³-hybridized carbons (Fsp3) is 0.500. The molecule has 0 saturated carbocycles. The predicted molar refractivity (Wildman–Crippen MR) is 76.7 cm³/mol. The lowest BCUT2D eigenvalue weighted by Crippen LogP contribution is -2.38. The Kier molecular flexibility index (Phi) is 4.53. The predicted octanol–water partition coefficient (Wildman–Crippen LogP) is 2.04. The number of nitrogens with zero attached hydrogens (tertiary/aromatic N) is 3. The van der Waals surface area contributed by atoms with Crippen molar-refractivity contribution in [2.75, 3.05) is 24.5 Å².